The van der Waals surface area contributed by atoms with E-state index < -0.39 is 6.10 Å². The van der Waals surface area contributed by atoms with Gasteiger partial charge in [-0.1, -0.05) is 30.3 Å². The summed E-state index contributed by atoms with van der Waals surface area (Å²) >= 11 is 0. The van der Waals surface area contributed by atoms with Crippen LogP contribution in [0.15, 0.2) is 54.6 Å². The Morgan fingerprint density at radius 1 is 1.00 bits per heavy atom. The molecular formula is C16H17NO3. The van der Waals surface area contributed by atoms with E-state index in [0.29, 0.717) is 11.5 Å². The molecule has 1 amide bonds. The molecule has 0 heterocycles. The molecule has 0 saturated heterocycles. The molecule has 0 aliphatic carbocycles. The molecule has 0 saturated carbocycles. The Labute approximate surface area is 118 Å². The number of benzene rings is 2. The molecule has 2 aromatic carbocycles. The van der Waals surface area contributed by atoms with Crippen LogP contribution >= 0.6 is 0 Å². The SMILES string of the molecule is COc1ccccc1OC(C)C(=O)Nc1ccccc1. The zero-order chi connectivity index (χ0) is 14.4. The van der Waals surface area contributed by atoms with Crippen molar-refractivity contribution in [3.63, 3.8) is 0 Å². The molecular weight excluding hydrogens is 254 g/mol. The molecule has 0 fully saturated rings. The van der Waals surface area contributed by atoms with Gasteiger partial charge in [0.1, 0.15) is 0 Å². The summed E-state index contributed by atoms with van der Waals surface area (Å²) in [5, 5.41) is 2.79. The quantitative estimate of drug-likeness (QED) is 0.909. The van der Waals surface area contributed by atoms with Crippen molar-refractivity contribution in [1.82, 2.24) is 0 Å². The topological polar surface area (TPSA) is 47.6 Å². The van der Waals surface area contributed by atoms with Gasteiger partial charge in [0.2, 0.25) is 0 Å². The summed E-state index contributed by atoms with van der Waals surface area (Å²) in [4.78, 5) is 12.0. The van der Waals surface area contributed by atoms with Gasteiger partial charge in [-0.05, 0) is 31.2 Å². The van der Waals surface area contributed by atoms with Crippen molar-refractivity contribution in [3.05, 3.63) is 54.6 Å². The van der Waals surface area contributed by atoms with E-state index in [0.717, 1.165) is 5.69 Å². The van der Waals surface area contributed by atoms with Crippen LogP contribution in [0.3, 0.4) is 0 Å². The van der Waals surface area contributed by atoms with Crippen LogP contribution in [0.2, 0.25) is 0 Å². The maximum Gasteiger partial charge on any atom is 0.265 e. The van der Waals surface area contributed by atoms with E-state index in [1.165, 1.54) is 0 Å². The van der Waals surface area contributed by atoms with Gasteiger partial charge in [0.25, 0.3) is 5.91 Å². The number of para-hydroxylation sites is 3. The van der Waals surface area contributed by atoms with Gasteiger partial charge >= 0.3 is 0 Å². The van der Waals surface area contributed by atoms with Gasteiger partial charge in [0, 0.05) is 5.69 Å². The molecule has 0 aliphatic rings. The van der Waals surface area contributed by atoms with Crippen LogP contribution in [0.1, 0.15) is 6.92 Å². The number of rotatable bonds is 5. The van der Waals surface area contributed by atoms with Crippen molar-refractivity contribution in [2.75, 3.05) is 12.4 Å². The van der Waals surface area contributed by atoms with E-state index >= 15 is 0 Å². The maximum atomic E-state index is 12.0. The Kier molecular flexibility index (Phi) is 4.60. The van der Waals surface area contributed by atoms with Gasteiger partial charge in [-0.2, -0.15) is 0 Å². The van der Waals surface area contributed by atoms with Crippen LogP contribution in [0.5, 0.6) is 11.5 Å². The van der Waals surface area contributed by atoms with E-state index in [4.69, 9.17) is 9.47 Å². The lowest BCUT2D eigenvalue weighted by atomic mass is 10.3. The standard InChI is InChI=1S/C16H17NO3/c1-12(16(18)17-13-8-4-3-5-9-13)20-15-11-7-6-10-14(15)19-2/h3-12H,1-2H3,(H,17,18). The number of anilines is 1. The second-order valence-electron chi connectivity index (χ2n) is 4.27. The fourth-order valence-corrected chi connectivity index (χ4v) is 1.73. The van der Waals surface area contributed by atoms with Crippen molar-refractivity contribution in [2.24, 2.45) is 0 Å². The molecule has 0 bridgehead atoms. The lowest BCUT2D eigenvalue weighted by molar-refractivity contribution is -0.122. The van der Waals surface area contributed by atoms with E-state index in [-0.39, 0.29) is 5.91 Å². The molecule has 4 nitrogen and oxygen atoms in total. The highest BCUT2D eigenvalue weighted by molar-refractivity contribution is 5.94. The lowest BCUT2D eigenvalue weighted by Gasteiger charge is -2.16. The zero-order valence-electron chi connectivity index (χ0n) is 11.5. The third kappa shape index (κ3) is 3.51. The van der Waals surface area contributed by atoms with Crippen LogP contribution in [0.4, 0.5) is 5.69 Å². The van der Waals surface area contributed by atoms with E-state index in [1.54, 1.807) is 26.2 Å². The average Bonchev–Trinajstić information content (AvgIpc) is 2.48. The first-order valence-corrected chi connectivity index (χ1v) is 6.36. The number of amides is 1. The van der Waals surface area contributed by atoms with Crippen LogP contribution < -0.4 is 14.8 Å². The zero-order valence-corrected chi connectivity index (χ0v) is 11.5. The Bertz CT molecular complexity index is 569. The first-order valence-electron chi connectivity index (χ1n) is 6.36. The minimum atomic E-state index is -0.619. The Balaban J connectivity index is 2.01. The highest BCUT2D eigenvalue weighted by Crippen LogP contribution is 2.26. The summed E-state index contributed by atoms with van der Waals surface area (Å²) in [5.74, 6) is 0.944. The average molecular weight is 271 g/mol. The summed E-state index contributed by atoms with van der Waals surface area (Å²) in [6.07, 6.45) is -0.619. The van der Waals surface area contributed by atoms with Crippen LogP contribution in [-0.4, -0.2) is 19.1 Å². The summed E-state index contributed by atoms with van der Waals surface area (Å²) in [7, 11) is 1.57. The Morgan fingerprint density at radius 3 is 2.25 bits per heavy atom. The third-order valence-electron chi connectivity index (χ3n) is 2.78. The highest BCUT2D eigenvalue weighted by Gasteiger charge is 2.16. The molecule has 2 aromatic rings. The first kappa shape index (κ1) is 13.9. The fourth-order valence-electron chi connectivity index (χ4n) is 1.73. The Morgan fingerprint density at radius 2 is 1.60 bits per heavy atom. The molecule has 0 aromatic heterocycles. The number of carbonyl (C=O) groups is 1. The van der Waals surface area contributed by atoms with E-state index in [1.807, 2.05) is 42.5 Å². The van der Waals surface area contributed by atoms with Gasteiger partial charge in [0.05, 0.1) is 7.11 Å². The lowest BCUT2D eigenvalue weighted by Crippen LogP contribution is -2.30. The summed E-state index contributed by atoms with van der Waals surface area (Å²) in [6.45, 7) is 1.70. The normalized spacial score (nSPS) is 11.5. The monoisotopic (exact) mass is 271 g/mol. The Hall–Kier alpha value is -2.49. The molecule has 20 heavy (non-hydrogen) atoms. The van der Waals surface area contributed by atoms with Crippen molar-refractivity contribution < 1.29 is 14.3 Å². The van der Waals surface area contributed by atoms with Gasteiger partial charge in [0.15, 0.2) is 17.6 Å². The number of hydrogen-bond acceptors (Lipinski definition) is 3. The van der Waals surface area contributed by atoms with Crippen molar-refractivity contribution in [3.8, 4) is 11.5 Å². The second kappa shape index (κ2) is 6.61. The fraction of sp³-hybridized carbons (Fsp3) is 0.188. The number of hydrogen-bond donors (Lipinski definition) is 1. The molecule has 0 radical (unpaired) electrons. The number of ether oxygens (including phenoxy) is 2. The van der Waals surface area contributed by atoms with Crippen LogP contribution in [0, 0.1) is 0 Å². The van der Waals surface area contributed by atoms with Gasteiger partial charge in [-0.3, -0.25) is 4.79 Å². The molecule has 0 aliphatic heterocycles. The summed E-state index contributed by atoms with van der Waals surface area (Å²) in [5.41, 5.74) is 0.743. The van der Waals surface area contributed by atoms with Crippen LogP contribution in [0.25, 0.3) is 0 Å². The predicted octanol–water partition coefficient (Wildman–Crippen LogP) is 3.10. The summed E-state index contributed by atoms with van der Waals surface area (Å²) < 4.78 is 10.8. The number of methoxy groups -OCH3 is 1. The largest absolute Gasteiger partial charge is 0.493 e. The first-order chi connectivity index (χ1) is 9.70. The van der Waals surface area contributed by atoms with Crippen molar-refractivity contribution in [2.45, 2.75) is 13.0 Å². The number of carbonyl (C=O) groups excluding carboxylic acids is 1. The molecule has 0 spiro atoms. The number of nitrogens with one attached hydrogen (secondary N) is 1. The van der Waals surface area contributed by atoms with Gasteiger partial charge in [-0.25, -0.2) is 0 Å². The molecule has 1 unspecified atom stereocenters. The van der Waals surface area contributed by atoms with Gasteiger partial charge < -0.3 is 14.8 Å². The predicted molar refractivity (Wildman–Crippen MR) is 78.2 cm³/mol. The highest BCUT2D eigenvalue weighted by atomic mass is 16.5. The molecule has 4 heteroatoms. The van der Waals surface area contributed by atoms with Crippen molar-refractivity contribution >= 4 is 11.6 Å². The molecule has 2 rings (SSSR count). The summed E-state index contributed by atoms with van der Waals surface area (Å²) in [6, 6.07) is 16.5. The molecule has 1 atom stereocenters. The minimum Gasteiger partial charge on any atom is -0.493 e. The maximum absolute atomic E-state index is 12.0. The second-order valence-corrected chi connectivity index (χ2v) is 4.27. The van der Waals surface area contributed by atoms with Crippen molar-refractivity contribution in [1.29, 1.82) is 0 Å². The molecule has 1 N–H and O–H groups in total. The van der Waals surface area contributed by atoms with Gasteiger partial charge in [-0.15, -0.1) is 0 Å². The molecule has 104 valence electrons. The van der Waals surface area contributed by atoms with E-state index in [9.17, 15) is 4.79 Å². The smallest absolute Gasteiger partial charge is 0.265 e. The van der Waals surface area contributed by atoms with Crippen LogP contribution in [-0.2, 0) is 4.79 Å². The minimum absolute atomic E-state index is 0.206. The van der Waals surface area contributed by atoms with E-state index in [2.05, 4.69) is 5.32 Å². The third-order valence-corrected chi connectivity index (χ3v) is 2.78.